The second-order valence-electron chi connectivity index (χ2n) is 4.97. The maximum atomic E-state index is 6.18. The van der Waals surface area contributed by atoms with Crippen LogP contribution in [0.25, 0.3) is 0 Å². The lowest BCUT2D eigenvalue weighted by Crippen LogP contribution is -2.47. The van der Waals surface area contributed by atoms with E-state index in [0.717, 1.165) is 13.0 Å². The highest BCUT2D eigenvalue weighted by molar-refractivity contribution is 7.99. The molecule has 2 aliphatic heterocycles. The summed E-state index contributed by atoms with van der Waals surface area (Å²) in [7, 11) is 0. The zero-order chi connectivity index (χ0) is 10.7. The predicted molar refractivity (Wildman–Crippen MR) is 66.2 cm³/mol. The number of thioether (sulfide) groups is 1. The van der Waals surface area contributed by atoms with Crippen LogP contribution in [-0.2, 0) is 4.74 Å². The van der Waals surface area contributed by atoms with Crippen molar-refractivity contribution in [3.8, 4) is 0 Å². The van der Waals surface area contributed by atoms with Gasteiger partial charge < -0.3 is 10.5 Å². The summed E-state index contributed by atoms with van der Waals surface area (Å²) in [4.78, 5) is 0. The van der Waals surface area contributed by atoms with Crippen LogP contribution in [0.15, 0.2) is 0 Å². The molecule has 0 bridgehead atoms. The summed E-state index contributed by atoms with van der Waals surface area (Å²) < 4.78 is 6.06. The van der Waals surface area contributed by atoms with E-state index in [4.69, 9.17) is 10.5 Å². The molecule has 1 spiro atoms. The second-order valence-corrected chi connectivity index (χ2v) is 6.19. The lowest BCUT2D eigenvalue weighted by molar-refractivity contribution is -0.105. The van der Waals surface area contributed by atoms with Gasteiger partial charge in [0.25, 0.3) is 0 Å². The van der Waals surface area contributed by atoms with Crippen LogP contribution in [0.2, 0.25) is 0 Å². The molecule has 2 nitrogen and oxygen atoms in total. The van der Waals surface area contributed by atoms with Crippen LogP contribution in [0.5, 0.6) is 0 Å². The molecule has 0 aromatic rings. The topological polar surface area (TPSA) is 35.2 Å². The Morgan fingerprint density at radius 2 is 2.20 bits per heavy atom. The van der Waals surface area contributed by atoms with Crippen molar-refractivity contribution < 1.29 is 4.74 Å². The minimum atomic E-state index is 0.209. The van der Waals surface area contributed by atoms with E-state index in [0.29, 0.717) is 12.0 Å². The van der Waals surface area contributed by atoms with Crippen molar-refractivity contribution in [3.63, 3.8) is 0 Å². The first-order valence-corrected chi connectivity index (χ1v) is 7.38. The minimum Gasteiger partial charge on any atom is -0.375 e. The quantitative estimate of drug-likeness (QED) is 0.790. The number of hydrogen-bond donors (Lipinski definition) is 1. The van der Waals surface area contributed by atoms with Crippen LogP contribution in [0.1, 0.15) is 39.0 Å². The summed E-state index contributed by atoms with van der Waals surface area (Å²) in [5.74, 6) is 3.24. The van der Waals surface area contributed by atoms with E-state index in [9.17, 15) is 0 Å². The largest absolute Gasteiger partial charge is 0.375 e. The Labute approximate surface area is 97.3 Å². The first kappa shape index (κ1) is 11.7. The molecule has 2 saturated heterocycles. The van der Waals surface area contributed by atoms with E-state index in [1.807, 2.05) is 0 Å². The standard InChI is InChI=1S/C12H23NOS/c1-2-11(13)10-3-6-14-12(9-10)4-7-15-8-5-12/h10-11H,2-9,13H2,1H3. The smallest absolute Gasteiger partial charge is 0.0701 e. The fraction of sp³-hybridized carbons (Fsp3) is 1.00. The van der Waals surface area contributed by atoms with Gasteiger partial charge in [0.1, 0.15) is 0 Å². The highest BCUT2D eigenvalue weighted by Gasteiger charge is 2.39. The van der Waals surface area contributed by atoms with E-state index in [1.165, 1.54) is 37.2 Å². The van der Waals surface area contributed by atoms with Crippen molar-refractivity contribution in [1.82, 2.24) is 0 Å². The molecule has 2 unspecified atom stereocenters. The molecule has 2 rings (SSSR count). The summed E-state index contributed by atoms with van der Waals surface area (Å²) in [5.41, 5.74) is 6.39. The fourth-order valence-electron chi connectivity index (χ4n) is 2.86. The molecule has 0 amide bonds. The maximum absolute atomic E-state index is 6.18. The summed E-state index contributed by atoms with van der Waals surface area (Å²) >= 11 is 2.07. The van der Waals surface area contributed by atoms with Gasteiger partial charge in [0.05, 0.1) is 5.60 Å². The van der Waals surface area contributed by atoms with Crippen molar-refractivity contribution in [1.29, 1.82) is 0 Å². The van der Waals surface area contributed by atoms with Crippen LogP contribution >= 0.6 is 11.8 Å². The molecule has 0 aromatic heterocycles. The van der Waals surface area contributed by atoms with Gasteiger partial charge in [-0.2, -0.15) is 11.8 Å². The molecule has 0 saturated carbocycles. The SMILES string of the molecule is CCC(N)C1CCOC2(CCSCC2)C1. The van der Waals surface area contributed by atoms with E-state index < -0.39 is 0 Å². The number of hydrogen-bond acceptors (Lipinski definition) is 3. The minimum absolute atomic E-state index is 0.209. The van der Waals surface area contributed by atoms with Gasteiger partial charge in [-0.3, -0.25) is 0 Å². The molecule has 0 radical (unpaired) electrons. The molecule has 2 fully saturated rings. The lowest BCUT2D eigenvalue weighted by Gasteiger charge is -2.44. The average Bonchev–Trinajstić information content (AvgIpc) is 2.29. The average molecular weight is 229 g/mol. The van der Waals surface area contributed by atoms with Crippen LogP contribution in [-0.4, -0.2) is 29.8 Å². The Hall–Kier alpha value is 0.270. The van der Waals surface area contributed by atoms with E-state index >= 15 is 0 Å². The first-order chi connectivity index (χ1) is 7.26. The van der Waals surface area contributed by atoms with Crippen LogP contribution in [0, 0.1) is 5.92 Å². The van der Waals surface area contributed by atoms with Crippen molar-refractivity contribution in [2.45, 2.75) is 50.7 Å². The van der Waals surface area contributed by atoms with Crippen molar-refractivity contribution in [3.05, 3.63) is 0 Å². The molecular weight excluding hydrogens is 206 g/mol. The zero-order valence-corrected chi connectivity index (χ0v) is 10.5. The molecule has 2 N–H and O–H groups in total. The molecule has 0 aliphatic carbocycles. The van der Waals surface area contributed by atoms with Gasteiger partial charge in [-0.15, -0.1) is 0 Å². The third-order valence-corrected chi connectivity index (χ3v) is 5.00. The monoisotopic (exact) mass is 229 g/mol. The van der Waals surface area contributed by atoms with Gasteiger partial charge >= 0.3 is 0 Å². The van der Waals surface area contributed by atoms with Gasteiger partial charge in [-0.25, -0.2) is 0 Å². The van der Waals surface area contributed by atoms with E-state index in [1.54, 1.807) is 0 Å². The van der Waals surface area contributed by atoms with Gasteiger partial charge in [0, 0.05) is 12.6 Å². The Kier molecular flexibility index (Phi) is 3.97. The normalized spacial score (nSPS) is 32.8. The van der Waals surface area contributed by atoms with Crippen LogP contribution in [0.4, 0.5) is 0 Å². The third-order valence-electron chi connectivity index (χ3n) is 4.01. The summed E-state index contributed by atoms with van der Waals surface area (Å²) in [6, 6.07) is 0.389. The molecule has 2 aliphatic rings. The maximum Gasteiger partial charge on any atom is 0.0701 e. The predicted octanol–water partition coefficient (Wildman–Crippen LogP) is 2.42. The molecule has 88 valence electrons. The van der Waals surface area contributed by atoms with Gasteiger partial charge in [-0.1, -0.05) is 6.92 Å². The second kappa shape index (κ2) is 5.07. The molecule has 15 heavy (non-hydrogen) atoms. The molecule has 2 atom stereocenters. The number of nitrogens with two attached hydrogens (primary N) is 1. The Balaban J connectivity index is 1.96. The van der Waals surface area contributed by atoms with E-state index in [2.05, 4.69) is 18.7 Å². The van der Waals surface area contributed by atoms with Crippen molar-refractivity contribution in [2.75, 3.05) is 18.1 Å². The first-order valence-electron chi connectivity index (χ1n) is 6.23. The van der Waals surface area contributed by atoms with E-state index in [-0.39, 0.29) is 5.60 Å². The Morgan fingerprint density at radius 3 is 2.87 bits per heavy atom. The van der Waals surface area contributed by atoms with Gasteiger partial charge in [0.2, 0.25) is 0 Å². The number of rotatable bonds is 2. The van der Waals surface area contributed by atoms with Crippen molar-refractivity contribution in [2.24, 2.45) is 11.7 Å². The summed E-state index contributed by atoms with van der Waals surface area (Å²) in [6.07, 6.45) is 5.97. The molecule has 3 heteroatoms. The third kappa shape index (κ3) is 2.69. The zero-order valence-electron chi connectivity index (χ0n) is 9.71. The highest BCUT2D eigenvalue weighted by Crippen LogP contribution is 2.40. The molecule has 0 aromatic carbocycles. The van der Waals surface area contributed by atoms with Gasteiger partial charge in [0.15, 0.2) is 0 Å². The Bertz CT molecular complexity index is 198. The highest BCUT2D eigenvalue weighted by atomic mass is 32.2. The molecular formula is C12H23NOS. The summed E-state index contributed by atoms with van der Waals surface area (Å²) in [6.45, 7) is 3.13. The number of ether oxygens (including phenoxy) is 1. The molecule has 2 heterocycles. The van der Waals surface area contributed by atoms with Crippen molar-refractivity contribution >= 4 is 11.8 Å². The van der Waals surface area contributed by atoms with Crippen LogP contribution in [0.3, 0.4) is 0 Å². The lowest BCUT2D eigenvalue weighted by atomic mass is 9.78. The van der Waals surface area contributed by atoms with Crippen LogP contribution < -0.4 is 5.73 Å². The Morgan fingerprint density at radius 1 is 1.47 bits per heavy atom. The summed E-state index contributed by atoms with van der Waals surface area (Å²) in [5, 5.41) is 0. The van der Waals surface area contributed by atoms with Gasteiger partial charge in [-0.05, 0) is 49.5 Å². The fourth-order valence-corrected chi connectivity index (χ4v) is 4.09.